The van der Waals surface area contributed by atoms with E-state index < -0.39 is 23.6 Å². The van der Waals surface area contributed by atoms with E-state index in [1.54, 1.807) is 0 Å². The van der Waals surface area contributed by atoms with Crippen LogP contribution < -0.4 is 11.2 Å². The minimum Gasteiger partial charge on any atom is -0.379 e. The average molecular weight is 328 g/mol. The van der Waals surface area contributed by atoms with Crippen LogP contribution in [-0.2, 0) is 18.9 Å². The second kappa shape index (κ2) is 8.39. The molecule has 1 aliphatic heterocycles. The topological polar surface area (TPSA) is 91.8 Å². The molecule has 2 heterocycles. The molecule has 1 fully saturated rings. The van der Waals surface area contributed by atoms with Crippen molar-refractivity contribution < 1.29 is 18.9 Å². The van der Waals surface area contributed by atoms with E-state index in [0.717, 1.165) is 0 Å². The predicted octanol–water partition coefficient (Wildman–Crippen LogP) is 0.281. The van der Waals surface area contributed by atoms with E-state index in [9.17, 15) is 9.59 Å². The molecule has 1 aromatic rings. The third kappa shape index (κ3) is 4.08. The number of ether oxygens (including phenoxy) is 4. The summed E-state index contributed by atoms with van der Waals surface area (Å²) in [6, 6.07) is 1.28. The molecule has 23 heavy (non-hydrogen) atoms. The van der Waals surface area contributed by atoms with Crippen molar-refractivity contribution in [1.29, 1.82) is 0 Å². The van der Waals surface area contributed by atoms with Gasteiger partial charge in [-0.25, -0.2) is 4.79 Å². The third-order valence-electron chi connectivity index (χ3n) is 3.62. The SMILES string of the molecule is CCOC[C@H]1O[C@@H](n2ccc(=O)[nH]c2=O)[C@H](OCC)[C@@H]1OCC. The molecule has 0 unspecified atom stereocenters. The second-order valence-corrected chi connectivity index (χ2v) is 5.08. The van der Waals surface area contributed by atoms with Gasteiger partial charge in [0.1, 0.15) is 18.3 Å². The standard InChI is InChI=1S/C15H24N2O6/c1-4-20-9-10-12(21-5-2)13(22-6-3)14(23-10)17-8-7-11(18)16-15(17)19/h7-8,10,12-14H,4-6,9H2,1-3H3,(H,16,18,19)/t10-,12-,13-,14-/m1/s1. The Morgan fingerprint density at radius 1 is 1.13 bits per heavy atom. The summed E-state index contributed by atoms with van der Waals surface area (Å²) >= 11 is 0. The van der Waals surface area contributed by atoms with Gasteiger partial charge >= 0.3 is 5.69 Å². The Bertz CT molecular complexity index is 598. The molecule has 0 aromatic carbocycles. The zero-order chi connectivity index (χ0) is 16.8. The van der Waals surface area contributed by atoms with Crippen molar-refractivity contribution in [2.45, 2.75) is 45.3 Å². The molecule has 2 rings (SSSR count). The van der Waals surface area contributed by atoms with Crippen LogP contribution in [0.25, 0.3) is 0 Å². The molecular formula is C15H24N2O6. The Balaban J connectivity index is 2.32. The van der Waals surface area contributed by atoms with Crippen LogP contribution in [0.3, 0.4) is 0 Å². The molecule has 4 atom stereocenters. The molecule has 0 bridgehead atoms. The number of H-pyrrole nitrogens is 1. The maximum Gasteiger partial charge on any atom is 0.330 e. The van der Waals surface area contributed by atoms with Crippen molar-refractivity contribution in [2.75, 3.05) is 26.4 Å². The van der Waals surface area contributed by atoms with E-state index in [1.807, 2.05) is 20.8 Å². The molecule has 0 saturated carbocycles. The van der Waals surface area contributed by atoms with E-state index in [1.165, 1.54) is 16.8 Å². The van der Waals surface area contributed by atoms with Crippen LogP contribution in [-0.4, -0.2) is 54.3 Å². The van der Waals surface area contributed by atoms with Gasteiger partial charge in [0.25, 0.3) is 5.56 Å². The molecule has 1 aliphatic rings. The van der Waals surface area contributed by atoms with E-state index in [4.69, 9.17) is 18.9 Å². The van der Waals surface area contributed by atoms with Gasteiger partial charge in [0.2, 0.25) is 0 Å². The summed E-state index contributed by atoms with van der Waals surface area (Å²) in [4.78, 5) is 25.5. The first-order chi connectivity index (χ1) is 11.1. The number of aromatic nitrogens is 2. The van der Waals surface area contributed by atoms with Crippen molar-refractivity contribution in [3.8, 4) is 0 Å². The molecule has 0 spiro atoms. The monoisotopic (exact) mass is 328 g/mol. The van der Waals surface area contributed by atoms with E-state index >= 15 is 0 Å². The van der Waals surface area contributed by atoms with Crippen molar-refractivity contribution in [2.24, 2.45) is 0 Å². The minimum atomic E-state index is -0.679. The Hall–Kier alpha value is -1.48. The van der Waals surface area contributed by atoms with Crippen molar-refractivity contribution in [3.63, 3.8) is 0 Å². The van der Waals surface area contributed by atoms with Crippen LogP contribution >= 0.6 is 0 Å². The van der Waals surface area contributed by atoms with Gasteiger partial charge in [-0.1, -0.05) is 0 Å². The Morgan fingerprint density at radius 2 is 1.83 bits per heavy atom. The maximum absolute atomic E-state index is 12.1. The number of rotatable bonds is 8. The van der Waals surface area contributed by atoms with E-state index in [-0.39, 0.29) is 12.2 Å². The zero-order valence-electron chi connectivity index (χ0n) is 13.7. The highest BCUT2D eigenvalue weighted by atomic mass is 16.6. The number of nitrogens with one attached hydrogen (secondary N) is 1. The van der Waals surface area contributed by atoms with Crippen LogP contribution in [0.15, 0.2) is 21.9 Å². The van der Waals surface area contributed by atoms with Crippen LogP contribution in [0.5, 0.6) is 0 Å². The van der Waals surface area contributed by atoms with Gasteiger partial charge in [-0.2, -0.15) is 0 Å². The second-order valence-electron chi connectivity index (χ2n) is 5.08. The number of nitrogens with zero attached hydrogens (tertiary/aromatic N) is 1. The van der Waals surface area contributed by atoms with Gasteiger partial charge in [0.15, 0.2) is 6.23 Å². The fourth-order valence-electron chi connectivity index (χ4n) is 2.69. The maximum atomic E-state index is 12.1. The first kappa shape index (κ1) is 17.9. The molecule has 0 aliphatic carbocycles. The van der Waals surface area contributed by atoms with Gasteiger partial charge in [-0.15, -0.1) is 0 Å². The molecule has 1 N–H and O–H groups in total. The van der Waals surface area contributed by atoms with Gasteiger partial charge in [0, 0.05) is 32.1 Å². The first-order valence-corrected chi connectivity index (χ1v) is 7.90. The first-order valence-electron chi connectivity index (χ1n) is 7.90. The number of aromatic amines is 1. The molecule has 1 aromatic heterocycles. The largest absolute Gasteiger partial charge is 0.379 e. The summed E-state index contributed by atoms with van der Waals surface area (Å²) in [6.07, 6.45) is -0.440. The highest BCUT2D eigenvalue weighted by Crippen LogP contribution is 2.33. The van der Waals surface area contributed by atoms with Gasteiger partial charge in [-0.05, 0) is 20.8 Å². The molecular weight excluding hydrogens is 304 g/mol. The summed E-state index contributed by atoms with van der Waals surface area (Å²) in [5.74, 6) is 0. The molecule has 8 nitrogen and oxygen atoms in total. The zero-order valence-corrected chi connectivity index (χ0v) is 13.7. The normalized spacial score (nSPS) is 27.4. The lowest BCUT2D eigenvalue weighted by Crippen LogP contribution is -2.40. The number of hydrogen-bond acceptors (Lipinski definition) is 6. The Kier molecular flexibility index (Phi) is 6.52. The lowest BCUT2D eigenvalue weighted by Gasteiger charge is -2.24. The van der Waals surface area contributed by atoms with Gasteiger partial charge in [-0.3, -0.25) is 14.3 Å². The Morgan fingerprint density at radius 3 is 2.43 bits per heavy atom. The predicted molar refractivity (Wildman–Crippen MR) is 82.6 cm³/mol. The highest BCUT2D eigenvalue weighted by molar-refractivity contribution is 4.95. The molecule has 1 saturated heterocycles. The Labute approximate surface area is 134 Å². The van der Waals surface area contributed by atoms with Crippen LogP contribution in [0.2, 0.25) is 0 Å². The smallest absolute Gasteiger partial charge is 0.330 e. The summed E-state index contributed by atoms with van der Waals surface area (Å²) in [7, 11) is 0. The minimum absolute atomic E-state index is 0.347. The fourth-order valence-corrected chi connectivity index (χ4v) is 2.69. The average Bonchev–Trinajstić information content (AvgIpc) is 2.84. The van der Waals surface area contributed by atoms with Crippen molar-refractivity contribution in [1.82, 2.24) is 9.55 Å². The third-order valence-corrected chi connectivity index (χ3v) is 3.62. The molecule has 0 radical (unpaired) electrons. The van der Waals surface area contributed by atoms with Crippen LogP contribution in [0.1, 0.15) is 27.0 Å². The highest BCUT2D eigenvalue weighted by Gasteiger charge is 2.47. The summed E-state index contributed by atoms with van der Waals surface area (Å²) in [5.41, 5.74) is -0.996. The molecule has 0 amide bonds. The van der Waals surface area contributed by atoms with E-state index in [2.05, 4.69) is 4.98 Å². The lowest BCUT2D eigenvalue weighted by molar-refractivity contribution is -0.0769. The molecule has 8 heteroatoms. The quantitative estimate of drug-likeness (QED) is 0.737. The van der Waals surface area contributed by atoms with Gasteiger partial charge < -0.3 is 18.9 Å². The number of hydrogen-bond donors (Lipinski definition) is 1. The summed E-state index contributed by atoms with van der Waals surface area (Å²) in [5, 5.41) is 0. The van der Waals surface area contributed by atoms with E-state index in [0.29, 0.717) is 26.4 Å². The fraction of sp³-hybridized carbons (Fsp3) is 0.733. The van der Waals surface area contributed by atoms with Crippen molar-refractivity contribution in [3.05, 3.63) is 33.1 Å². The van der Waals surface area contributed by atoms with Gasteiger partial charge in [0.05, 0.1) is 6.61 Å². The summed E-state index contributed by atoms with van der Waals surface area (Å²) < 4.78 is 24.3. The molecule has 130 valence electrons. The van der Waals surface area contributed by atoms with Crippen LogP contribution in [0, 0.1) is 0 Å². The van der Waals surface area contributed by atoms with Crippen LogP contribution in [0.4, 0.5) is 0 Å². The van der Waals surface area contributed by atoms with Crippen molar-refractivity contribution >= 4 is 0 Å². The lowest BCUT2D eigenvalue weighted by atomic mass is 10.1. The summed E-state index contributed by atoms with van der Waals surface area (Å²) in [6.45, 7) is 7.50.